The molecule has 1 aromatic rings. The van der Waals surface area contributed by atoms with Crippen molar-refractivity contribution in [1.29, 1.82) is 0 Å². The van der Waals surface area contributed by atoms with Crippen LogP contribution in [0.2, 0.25) is 0 Å². The molecule has 1 aliphatic rings. The Labute approximate surface area is 132 Å². The van der Waals surface area contributed by atoms with E-state index in [1.807, 2.05) is 48.0 Å². The highest BCUT2D eigenvalue weighted by Gasteiger charge is 2.20. The second-order valence-corrected chi connectivity index (χ2v) is 6.03. The Morgan fingerprint density at radius 1 is 1.45 bits per heavy atom. The molecule has 1 saturated heterocycles. The number of rotatable bonds is 8. The van der Waals surface area contributed by atoms with E-state index in [1.165, 1.54) is 0 Å². The Bertz CT molecular complexity index is 493. The maximum absolute atomic E-state index is 11.5. The predicted molar refractivity (Wildman–Crippen MR) is 86.0 cm³/mol. The smallest absolute Gasteiger partial charge is 0.222 e. The van der Waals surface area contributed by atoms with Crippen LogP contribution in [-0.2, 0) is 4.79 Å². The van der Waals surface area contributed by atoms with Crippen molar-refractivity contribution in [3.05, 3.63) is 29.8 Å². The van der Waals surface area contributed by atoms with Crippen molar-refractivity contribution in [1.82, 2.24) is 9.80 Å². The number of aryl methyl sites for hydroxylation is 1. The summed E-state index contributed by atoms with van der Waals surface area (Å²) in [6.07, 6.45) is 1.10. The molecule has 0 radical (unpaired) electrons. The molecule has 5 nitrogen and oxygen atoms in total. The minimum atomic E-state index is -0.542. The minimum absolute atomic E-state index is 0.247. The molecule has 1 aromatic carbocycles. The lowest BCUT2D eigenvalue weighted by Gasteiger charge is -2.23. The summed E-state index contributed by atoms with van der Waals surface area (Å²) in [4.78, 5) is 15.5. The van der Waals surface area contributed by atoms with Gasteiger partial charge in [0.2, 0.25) is 5.91 Å². The summed E-state index contributed by atoms with van der Waals surface area (Å²) in [5.41, 5.74) is 1.14. The van der Waals surface area contributed by atoms with E-state index in [4.69, 9.17) is 4.74 Å². The number of benzene rings is 1. The third-order valence-electron chi connectivity index (χ3n) is 3.88. The third kappa shape index (κ3) is 5.31. The molecule has 1 amide bonds. The molecule has 1 fully saturated rings. The number of carbonyl (C=O) groups is 1. The molecule has 0 saturated carbocycles. The molecule has 0 aromatic heterocycles. The fourth-order valence-electron chi connectivity index (χ4n) is 2.63. The summed E-state index contributed by atoms with van der Waals surface area (Å²) in [7, 11) is 1.95. The van der Waals surface area contributed by atoms with Crippen LogP contribution in [0.1, 0.15) is 18.4 Å². The van der Waals surface area contributed by atoms with Gasteiger partial charge in [-0.05, 0) is 38.1 Å². The molecular formula is C17H26N2O3. The Balaban J connectivity index is 1.65. The van der Waals surface area contributed by atoms with Gasteiger partial charge in [0.1, 0.15) is 18.5 Å². The summed E-state index contributed by atoms with van der Waals surface area (Å²) in [5.74, 6) is 1.03. The number of ether oxygens (including phenoxy) is 1. The lowest BCUT2D eigenvalue weighted by Crippen LogP contribution is -2.38. The molecule has 122 valence electrons. The predicted octanol–water partition coefficient (Wildman–Crippen LogP) is 1.29. The second-order valence-electron chi connectivity index (χ2n) is 6.03. The number of nitrogens with zero attached hydrogens (tertiary/aromatic N) is 2. The van der Waals surface area contributed by atoms with E-state index < -0.39 is 6.10 Å². The lowest BCUT2D eigenvalue weighted by molar-refractivity contribution is -0.127. The average Bonchev–Trinajstić information content (AvgIpc) is 2.88. The van der Waals surface area contributed by atoms with Gasteiger partial charge in [0.25, 0.3) is 0 Å². The van der Waals surface area contributed by atoms with Crippen molar-refractivity contribution < 1.29 is 14.6 Å². The van der Waals surface area contributed by atoms with Crippen molar-refractivity contribution in [3.63, 3.8) is 0 Å². The Morgan fingerprint density at radius 3 is 2.95 bits per heavy atom. The number of aliphatic hydroxyl groups excluding tert-OH is 1. The molecule has 2 rings (SSSR count). The molecule has 0 aliphatic carbocycles. The highest BCUT2D eigenvalue weighted by Crippen LogP contribution is 2.12. The van der Waals surface area contributed by atoms with E-state index in [0.29, 0.717) is 13.0 Å². The highest BCUT2D eigenvalue weighted by molar-refractivity contribution is 5.78. The molecule has 22 heavy (non-hydrogen) atoms. The van der Waals surface area contributed by atoms with Crippen LogP contribution in [0.4, 0.5) is 0 Å². The fraction of sp³-hybridized carbons (Fsp3) is 0.588. The second kappa shape index (κ2) is 8.15. The summed E-state index contributed by atoms with van der Waals surface area (Å²) in [5, 5.41) is 10.0. The van der Waals surface area contributed by atoms with E-state index in [0.717, 1.165) is 37.4 Å². The van der Waals surface area contributed by atoms with Gasteiger partial charge in [0, 0.05) is 32.6 Å². The number of aliphatic hydroxyl groups is 1. The first-order valence-electron chi connectivity index (χ1n) is 7.88. The monoisotopic (exact) mass is 306 g/mol. The third-order valence-corrected chi connectivity index (χ3v) is 3.88. The van der Waals surface area contributed by atoms with Crippen molar-refractivity contribution in [2.45, 2.75) is 25.9 Å². The molecule has 1 N–H and O–H groups in total. The number of carbonyl (C=O) groups excluding carboxylic acids is 1. The Kier molecular flexibility index (Phi) is 6.21. The summed E-state index contributed by atoms with van der Waals surface area (Å²) in [6, 6.07) is 7.80. The molecule has 1 atom stereocenters. The number of hydrogen-bond acceptors (Lipinski definition) is 4. The molecular weight excluding hydrogens is 280 g/mol. The van der Waals surface area contributed by atoms with E-state index in [9.17, 15) is 9.90 Å². The molecule has 1 heterocycles. The van der Waals surface area contributed by atoms with Crippen LogP contribution in [0.5, 0.6) is 5.75 Å². The first-order chi connectivity index (χ1) is 10.5. The molecule has 1 aliphatic heterocycles. The van der Waals surface area contributed by atoms with Gasteiger partial charge < -0.3 is 19.6 Å². The van der Waals surface area contributed by atoms with Crippen LogP contribution < -0.4 is 4.74 Å². The van der Waals surface area contributed by atoms with Gasteiger partial charge in [-0.15, -0.1) is 0 Å². The van der Waals surface area contributed by atoms with Crippen molar-refractivity contribution in [3.8, 4) is 5.75 Å². The Hall–Kier alpha value is -1.59. The van der Waals surface area contributed by atoms with Crippen LogP contribution in [0.15, 0.2) is 24.3 Å². The minimum Gasteiger partial charge on any atom is -0.491 e. The fourth-order valence-corrected chi connectivity index (χ4v) is 2.63. The van der Waals surface area contributed by atoms with Crippen LogP contribution in [0, 0.1) is 6.92 Å². The van der Waals surface area contributed by atoms with Gasteiger partial charge in [-0.3, -0.25) is 4.79 Å². The topological polar surface area (TPSA) is 53.0 Å². The van der Waals surface area contributed by atoms with E-state index in [2.05, 4.69) is 0 Å². The van der Waals surface area contributed by atoms with Crippen LogP contribution in [0.25, 0.3) is 0 Å². The number of hydrogen-bond donors (Lipinski definition) is 1. The maximum Gasteiger partial charge on any atom is 0.222 e. The van der Waals surface area contributed by atoms with Crippen molar-refractivity contribution in [2.24, 2.45) is 0 Å². The zero-order valence-corrected chi connectivity index (χ0v) is 13.5. The Morgan fingerprint density at radius 2 is 2.27 bits per heavy atom. The van der Waals surface area contributed by atoms with Gasteiger partial charge >= 0.3 is 0 Å². The van der Waals surface area contributed by atoms with Crippen LogP contribution >= 0.6 is 0 Å². The van der Waals surface area contributed by atoms with E-state index >= 15 is 0 Å². The van der Waals surface area contributed by atoms with E-state index in [1.54, 1.807) is 0 Å². The molecule has 5 heteroatoms. The first-order valence-corrected chi connectivity index (χ1v) is 7.88. The summed E-state index contributed by atoms with van der Waals surface area (Å²) in [6.45, 7) is 5.20. The quantitative estimate of drug-likeness (QED) is 0.786. The SMILES string of the molecule is Cc1cccc(OCC(O)CN(C)CCN2CCCC2=O)c1. The van der Waals surface area contributed by atoms with Gasteiger partial charge in [-0.1, -0.05) is 12.1 Å². The summed E-state index contributed by atoms with van der Waals surface area (Å²) >= 11 is 0. The van der Waals surface area contributed by atoms with Gasteiger partial charge in [0.15, 0.2) is 0 Å². The van der Waals surface area contributed by atoms with Gasteiger partial charge in [-0.25, -0.2) is 0 Å². The standard InChI is InChI=1S/C17H26N2O3/c1-14-5-3-6-16(11-14)22-13-15(20)12-18(2)9-10-19-8-4-7-17(19)21/h3,5-6,11,15,20H,4,7-10,12-13H2,1-2H3. The van der Waals surface area contributed by atoms with Crippen molar-refractivity contribution in [2.75, 3.05) is 39.8 Å². The molecule has 0 spiro atoms. The first kappa shape index (κ1) is 16.8. The lowest BCUT2D eigenvalue weighted by atomic mass is 10.2. The molecule has 1 unspecified atom stereocenters. The zero-order chi connectivity index (χ0) is 15.9. The summed E-state index contributed by atoms with van der Waals surface area (Å²) < 4.78 is 5.60. The molecule has 0 bridgehead atoms. The number of amides is 1. The zero-order valence-electron chi connectivity index (χ0n) is 13.5. The van der Waals surface area contributed by atoms with E-state index in [-0.39, 0.29) is 12.5 Å². The highest BCUT2D eigenvalue weighted by atomic mass is 16.5. The number of likely N-dealkylation sites (N-methyl/N-ethyl adjacent to an activating group) is 1. The normalized spacial score (nSPS) is 16.4. The maximum atomic E-state index is 11.5. The van der Waals surface area contributed by atoms with Gasteiger partial charge in [-0.2, -0.15) is 0 Å². The largest absolute Gasteiger partial charge is 0.491 e. The van der Waals surface area contributed by atoms with Gasteiger partial charge in [0.05, 0.1) is 0 Å². The van der Waals surface area contributed by atoms with Crippen molar-refractivity contribution >= 4 is 5.91 Å². The number of likely N-dealkylation sites (tertiary alicyclic amines) is 1. The van der Waals surface area contributed by atoms with Crippen LogP contribution in [-0.4, -0.2) is 66.8 Å². The average molecular weight is 306 g/mol. The van der Waals surface area contributed by atoms with Crippen LogP contribution in [0.3, 0.4) is 0 Å².